The third-order valence-corrected chi connectivity index (χ3v) is 2.69. The molecule has 0 aliphatic rings. The van der Waals surface area contributed by atoms with E-state index in [4.69, 9.17) is 19.9 Å². The highest BCUT2D eigenvalue weighted by Crippen LogP contribution is 2.17. The van der Waals surface area contributed by atoms with Crippen LogP contribution in [0.5, 0.6) is 5.75 Å². The van der Waals surface area contributed by atoms with Gasteiger partial charge < -0.3 is 19.9 Å². The van der Waals surface area contributed by atoms with Gasteiger partial charge in [0.1, 0.15) is 11.1 Å². The lowest BCUT2D eigenvalue weighted by molar-refractivity contribution is 0.125. The Balaban J connectivity index is 2.80. The molecular formula is C10H15NO3Si. The first kappa shape index (κ1) is 11.5. The summed E-state index contributed by atoms with van der Waals surface area (Å²) in [6.07, 6.45) is 0. The largest absolute Gasteiger partial charge is 0.500 e. The van der Waals surface area contributed by atoms with Crippen LogP contribution in [0.15, 0.2) is 35.6 Å². The molecular weight excluding hydrogens is 210 g/mol. The van der Waals surface area contributed by atoms with E-state index in [9.17, 15) is 0 Å². The van der Waals surface area contributed by atoms with E-state index >= 15 is 0 Å². The van der Waals surface area contributed by atoms with E-state index in [1.54, 1.807) is 38.5 Å². The van der Waals surface area contributed by atoms with Crippen LogP contribution in [0.4, 0.5) is 5.69 Å². The van der Waals surface area contributed by atoms with Crippen LogP contribution < -0.4 is 10.5 Å². The lowest BCUT2D eigenvalue weighted by atomic mass is 10.3. The SMILES string of the molecule is COC([SiH3])=C(OC)Oc1ccc(N)cc1. The van der Waals surface area contributed by atoms with Crippen molar-refractivity contribution < 1.29 is 14.2 Å². The molecule has 0 aliphatic heterocycles. The maximum atomic E-state index is 5.56. The molecule has 0 atom stereocenters. The third kappa shape index (κ3) is 3.21. The minimum Gasteiger partial charge on any atom is -0.500 e. The maximum absolute atomic E-state index is 5.56. The molecule has 1 aromatic carbocycles. The summed E-state index contributed by atoms with van der Waals surface area (Å²) >= 11 is 0. The van der Waals surface area contributed by atoms with Crippen molar-refractivity contribution in [1.29, 1.82) is 0 Å². The fourth-order valence-electron chi connectivity index (χ4n) is 0.984. The second-order valence-electron chi connectivity index (χ2n) is 2.92. The van der Waals surface area contributed by atoms with Gasteiger partial charge in [0.25, 0.3) is 0 Å². The summed E-state index contributed by atoms with van der Waals surface area (Å²) in [7, 11) is 3.86. The van der Waals surface area contributed by atoms with E-state index in [-0.39, 0.29) is 0 Å². The van der Waals surface area contributed by atoms with Gasteiger partial charge >= 0.3 is 5.95 Å². The molecule has 0 bridgehead atoms. The normalized spacial score (nSPS) is 11.9. The molecule has 82 valence electrons. The van der Waals surface area contributed by atoms with Crippen LogP contribution >= 0.6 is 0 Å². The fourth-order valence-corrected chi connectivity index (χ4v) is 1.29. The molecule has 5 heteroatoms. The standard InChI is InChI=1S/C10H15NO3Si/c1-12-9(10(15)13-2)14-8-5-3-7(11)4-6-8/h3-6H,11H2,1-2,15H3. The Kier molecular flexibility index (Phi) is 4.05. The topological polar surface area (TPSA) is 53.7 Å². The molecule has 0 amide bonds. The molecule has 0 heterocycles. The van der Waals surface area contributed by atoms with Crippen LogP contribution in [0.2, 0.25) is 0 Å². The number of ether oxygens (including phenoxy) is 3. The first-order valence-corrected chi connectivity index (χ1v) is 5.49. The van der Waals surface area contributed by atoms with Gasteiger partial charge in [-0.15, -0.1) is 0 Å². The summed E-state index contributed by atoms with van der Waals surface area (Å²) < 4.78 is 15.6. The van der Waals surface area contributed by atoms with Crippen LogP contribution in [0, 0.1) is 0 Å². The van der Waals surface area contributed by atoms with Gasteiger partial charge in [-0.2, -0.15) is 0 Å². The molecule has 0 aliphatic carbocycles. The van der Waals surface area contributed by atoms with Crippen LogP contribution in [-0.2, 0) is 9.47 Å². The minimum atomic E-state index is 0.397. The van der Waals surface area contributed by atoms with Crippen molar-refractivity contribution in [3.05, 3.63) is 35.6 Å². The Labute approximate surface area is 92.1 Å². The fraction of sp³-hybridized carbons (Fsp3) is 0.200. The molecule has 1 rings (SSSR count). The maximum Gasteiger partial charge on any atom is 0.317 e. The highest BCUT2D eigenvalue weighted by Gasteiger charge is 2.05. The number of nitrogen functional groups attached to an aromatic ring is 1. The molecule has 1 aromatic rings. The first-order chi connectivity index (χ1) is 7.17. The highest BCUT2D eigenvalue weighted by atomic mass is 28.1. The number of hydrogen-bond donors (Lipinski definition) is 1. The Morgan fingerprint density at radius 1 is 1.13 bits per heavy atom. The van der Waals surface area contributed by atoms with Crippen LogP contribution in [0.1, 0.15) is 0 Å². The van der Waals surface area contributed by atoms with Gasteiger partial charge in [-0.05, 0) is 24.3 Å². The molecule has 0 saturated heterocycles. The average molecular weight is 225 g/mol. The van der Waals surface area contributed by atoms with Crippen molar-refractivity contribution >= 4 is 15.9 Å². The van der Waals surface area contributed by atoms with E-state index < -0.39 is 0 Å². The molecule has 0 saturated carbocycles. The van der Waals surface area contributed by atoms with Gasteiger partial charge in [0.2, 0.25) is 0 Å². The molecule has 0 radical (unpaired) electrons. The zero-order chi connectivity index (χ0) is 11.3. The molecule has 0 spiro atoms. The first-order valence-electron chi connectivity index (χ1n) is 4.49. The number of benzene rings is 1. The molecule has 4 nitrogen and oxygen atoms in total. The predicted molar refractivity (Wildman–Crippen MR) is 62.5 cm³/mol. The Hall–Kier alpha value is -1.62. The van der Waals surface area contributed by atoms with Crippen molar-refractivity contribution in [2.75, 3.05) is 20.0 Å². The molecule has 0 fully saturated rings. The van der Waals surface area contributed by atoms with Gasteiger partial charge in [-0.3, -0.25) is 0 Å². The highest BCUT2D eigenvalue weighted by molar-refractivity contribution is 6.20. The summed E-state index contributed by atoms with van der Waals surface area (Å²) in [5.74, 6) is 1.07. The van der Waals surface area contributed by atoms with Crippen LogP contribution in [0.25, 0.3) is 0 Å². The molecule has 2 N–H and O–H groups in total. The van der Waals surface area contributed by atoms with Crippen molar-refractivity contribution in [3.63, 3.8) is 0 Å². The quantitative estimate of drug-likeness (QED) is 0.459. The van der Waals surface area contributed by atoms with E-state index in [0.29, 0.717) is 22.8 Å². The molecule has 15 heavy (non-hydrogen) atoms. The minimum absolute atomic E-state index is 0.397. The van der Waals surface area contributed by atoms with Crippen molar-refractivity contribution in [2.24, 2.45) is 0 Å². The molecule has 0 unspecified atom stereocenters. The zero-order valence-corrected chi connectivity index (χ0v) is 11.1. The van der Waals surface area contributed by atoms with E-state index in [1.165, 1.54) is 0 Å². The van der Waals surface area contributed by atoms with Crippen molar-refractivity contribution in [2.45, 2.75) is 0 Å². The van der Waals surface area contributed by atoms with E-state index in [0.717, 1.165) is 10.2 Å². The number of hydrogen-bond acceptors (Lipinski definition) is 4. The number of nitrogens with two attached hydrogens (primary N) is 1. The van der Waals surface area contributed by atoms with Crippen molar-refractivity contribution in [3.8, 4) is 5.75 Å². The second-order valence-corrected chi connectivity index (χ2v) is 3.83. The monoisotopic (exact) mass is 225 g/mol. The number of methoxy groups -OCH3 is 2. The number of anilines is 1. The zero-order valence-electron chi connectivity index (χ0n) is 9.11. The van der Waals surface area contributed by atoms with Gasteiger partial charge in [0.15, 0.2) is 0 Å². The van der Waals surface area contributed by atoms with Gasteiger partial charge in [0.05, 0.1) is 24.5 Å². The smallest absolute Gasteiger partial charge is 0.317 e. The van der Waals surface area contributed by atoms with Crippen molar-refractivity contribution in [1.82, 2.24) is 0 Å². The Morgan fingerprint density at radius 2 is 1.73 bits per heavy atom. The lowest BCUT2D eigenvalue weighted by Crippen LogP contribution is -2.04. The summed E-state index contributed by atoms with van der Waals surface area (Å²) in [6, 6.07) is 7.09. The second kappa shape index (κ2) is 5.31. The van der Waals surface area contributed by atoms with E-state index in [1.807, 2.05) is 0 Å². The van der Waals surface area contributed by atoms with Gasteiger partial charge in [0, 0.05) is 5.69 Å². The summed E-state index contributed by atoms with van der Waals surface area (Å²) in [5, 5.41) is 0.717. The summed E-state index contributed by atoms with van der Waals surface area (Å²) in [6.45, 7) is 0. The Morgan fingerprint density at radius 3 is 2.20 bits per heavy atom. The third-order valence-electron chi connectivity index (χ3n) is 1.87. The lowest BCUT2D eigenvalue weighted by Gasteiger charge is -2.11. The van der Waals surface area contributed by atoms with Gasteiger partial charge in [-0.25, -0.2) is 0 Å². The summed E-state index contributed by atoms with van der Waals surface area (Å²) in [5.41, 5.74) is 6.26. The average Bonchev–Trinajstić information content (AvgIpc) is 2.27. The van der Waals surface area contributed by atoms with E-state index in [2.05, 4.69) is 0 Å². The molecule has 0 aromatic heterocycles. The summed E-state index contributed by atoms with van der Waals surface area (Å²) in [4.78, 5) is 0. The van der Waals surface area contributed by atoms with Crippen LogP contribution in [0.3, 0.4) is 0 Å². The van der Waals surface area contributed by atoms with Crippen LogP contribution in [-0.4, -0.2) is 24.5 Å². The predicted octanol–water partition coefficient (Wildman–Crippen LogP) is 0.432. The Bertz CT molecular complexity index is 348. The van der Waals surface area contributed by atoms with Gasteiger partial charge in [-0.1, -0.05) is 0 Å². The number of rotatable bonds is 4.